The Labute approximate surface area is 195 Å². The minimum atomic E-state index is 0.0306. The zero-order valence-corrected chi connectivity index (χ0v) is 21.2. The van der Waals surface area contributed by atoms with Crippen LogP contribution in [0.1, 0.15) is 149 Å². The van der Waals surface area contributed by atoms with E-state index in [2.05, 4.69) is 19.9 Å². The van der Waals surface area contributed by atoms with Gasteiger partial charge in [-0.25, -0.2) is 0 Å². The summed E-state index contributed by atoms with van der Waals surface area (Å²) in [4.78, 5) is 0. The van der Waals surface area contributed by atoms with E-state index in [0.717, 1.165) is 29.6 Å². The Kier molecular flexibility index (Phi) is 10.7. The lowest BCUT2D eigenvalue weighted by molar-refractivity contribution is 0.0813. The fourth-order valence-electron chi connectivity index (χ4n) is 7.79. The lowest BCUT2D eigenvalue weighted by atomic mass is 9.61. The van der Waals surface area contributed by atoms with E-state index in [1.165, 1.54) is 135 Å². The van der Waals surface area contributed by atoms with Crippen LogP contribution in [-0.4, -0.2) is 0 Å². The third kappa shape index (κ3) is 7.51. The first-order chi connectivity index (χ1) is 15.2. The van der Waals surface area contributed by atoms with Crippen molar-refractivity contribution in [2.45, 2.75) is 149 Å². The summed E-state index contributed by atoms with van der Waals surface area (Å²) in [6.45, 7) is 4.63. The second-order valence-corrected chi connectivity index (χ2v) is 12.0. The van der Waals surface area contributed by atoms with Crippen molar-refractivity contribution in [3.05, 3.63) is 0 Å². The molecule has 3 rings (SSSR count). The van der Waals surface area contributed by atoms with Crippen LogP contribution in [-0.2, 0) is 0 Å². The molecule has 3 aliphatic rings. The van der Waals surface area contributed by atoms with Gasteiger partial charge in [0, 0.05) is 0 Å². The Bertz CT molecular complexity index is 517. The van der Waals surface area contributed by atoms with Gasteiger partial charge in [-0.3, -0.25) is 0 Å². The van der Waals surface area contributed by atoms with Crippen LogP contribution in [0.3, 0.4) is 0 Å². The molecular formula is C30H53N. The Morgan fingerprint density at radius 1 is 0.677 bits per heavy atom. The highest BCUT2D eigenvalue weighted by Crippen LogP contribution is 2.50. The Hall–Kier alpha value is -0.510. The molecule has 0 aromatic rings. The largest absolute Gasteiger partial charge is 0.198 e. The van der Waals surface area contributed by atoms with E-state index in [1.807, 2.05) is 0 Å². The van der Waals surface area contributed by atoms with Gasteiger partial charge in [0.2, 0.25) is 0 Å². The van der Waals surface area contributed by atoms with Crippen LogP contribution >= 0.6 is 0 Å². The average molecular weight is 428 g/mol. The van der Waals surface area contributed by atoms with Crippen molar-refractivity contribution in [2.75, 3.05) is 0 Å². The molecule has 0 aliphatic heterocycles. The summed E-state index contributed by atoms with van der Waals surface area (Å²) in [5.74, 6) is 4.92. The van der Waals surface area contributed by atoms with Crippen LogP contribution < -0.4 is 0 Å². The predicted octanol–water partition coefficient (Wildman–Crippen LogP) is 9.85. The Balaban J connectivity index is 1.40. The summed E-state index contributed by atoms with van der Waals surface area (Å²) in [5, 5.41) is 10.1. The monoisotopic (exact) mass is 427 g/mol. The third-order valence-electron chi connectivity index (χ3n) is 9.89. The number of unbranched alkanes of at least 4 members (excludes halogenated alkanes) is 5. The van der Waals surface area contributed by atoms with Crippen LogP contribution in [0.5, 0.6) is 0 Å². The van der Waals surface area contributed by atoms with Gasteiger partial charge >= 0.3 is 0 Å². The van der Waals surface area contributed by atoms with Gasteiger partial charge in [0.05, 0.1) is 11.5 Å². The van der Waals surface area contributed by atoms with Crippen molar-refractivity contribution in [3.63, 3.8) is 0 Å². The molecule has 0 N–H and O–H groups in total. The number of hydrogen-bond acceptors (Lipinski definition) is 1. The van der Waals surface area contributed by atoms with Crippen molar-refractivity contribution >= 4 is 0 Å². The molecule has 178 valence electrons. The Morgan fingerprint density at radius 2 is 1.26 bits per heavy atom. The van der Waals surface area contributed by atoms with Crippen molar-refractivity contribution in [1.82, 2.24) is 0 Å². The quantitative estimate of drug-likeness (QED) is 0.301. The zero-order valence-electron chi connectivity index (χ0n) is 21.2. The molecule has 3 fully saturated rings. The number of nitriles is 1. The van der Waals surface area contributed by atoms with Crippen molar-refractivity contribution in [3.8, 4) is 6.07 Å². The molecule has 1 nitrogen and oxygen atoms in total. The van der Waals surface area contributed by atoms with Gasteiger partial charge in [0.25, 0.3) is 0 Å². The zero-order chi connectivity index (χ0) is 21.9. The smallest absolute Gasteiger partial charge is 0.0689 e. The topological polar surface area (TPSA) is 23.8 Å². The lowest BCUT2D eigenvalue weighted by Crippen LogP contribution is -2.34. The van der Waals surface area contributed by atoms with Gasteiger partial charge in [0.15, 0.2) is 0 Å². The lowest BCUT2D eigenvalue weighted by Gasteiger charge is -2.43. The van der Waals surface area contributed by atoms with Gasteiger partial charge in [-0.2, -0.15) is 5.26 Å². The molecule has 3 aliphatic carbocycles. The van der Waals surface area contributed by atoms with E-state index in [-0.39, 0.29) is 5.41 Å². The average Bonchev–Trinajstić information content (AvgIpc) is 2.83. The fraction of sp³-hybridized carbons (Fsp3) is 0.967. The standard InChI is InChI=1S/C30H53N/c1-3-5-7-8-9-21-30(24-31)22-10-12-29(23-30)28-19-17-27(18-20-28)26-15-13-25(14-16-26)11-6-4-2/h25-29H,3-23H2,1-2H3. The molecule has 2 atom stereocenters. The molecule has 1 heteroatoms. The SMILES string of the molecule is CCCCCCCC1(C#N)CCCC(C2CCC(C3CCC(CCCC)CC3)CC2)C1. The van der Waals surface area contributed by atoms with E-state index in [9.17, 15) is 5.26 Å². The fourth-order valence-corrected chi connectivity index (χ4v) is 7.79. The summed E-state index contributed by atoms with van der Waals surface area (Å²) in [6.07, 6.45) is 29.4. The Morgan fingerprint density at radius 3 is 1.87 bits per heavy atom. The van der Waals surface area contributed by atoms with Crippen LogP contribution in [0.15, 0.2) is 0 Å². The van der Waals surface area contributed by atoms with Gasteiger partial charge in [-0.1, -0.05) is 90.9 Å². The molecular weight excluding hydrogens is 374 g/mol. The first-order valence-corrected chi connectivity index (χ1v) is 14.6. The highest BCUT2D eigenvalue weighted by Gasteiger charge is 2.40. The van der Waals surface area contributed by atoms with Crippen LogP contribution in [0, 0.1) is 46.3 Å². The number of hydrogen-bond donors (Lipinski definition) is 0. The summed E-state index contributed by atoms with van der Waals surface area (Å²) in [7, 11) is 0. The first-order valence-electron chi connectivity index (χ1n) is 14.6. The molecule has 0 spiro atoms. The highest BCUT2D eigenvalue weighted by atomic mass is 14.5. The molecule has 0 aromatic carbocycles. The molecule has 2 unspecified atom stereocenters. The summed E-state index contributed by atoms with van der Waals surface area (Å²) in [5.41, 5.74) is 0.0306. The van der Waals surface area contributed by atoms with Crippen LogP contribution in [0.4, 0.5) is 0 Å². The molecule has 3 saturated carbocycles. The molecule has 0 amide bonds. The van der Waals surface area contributed by atoms with Crippen LogP contribution in [0.2, 0.25) is 0 Å². The predicted molar refractivity (Wildman–Crippen MR) is 134 cm³/mol. The second kappa shape index (κ2) is 13.3. The first kappa shape index (κ1) is 25.1. The number of nitrogens with zero attached hydrogens (tertiary/aromatic N) is 1. The van der Waals surface area contributed by atoms with Crippen LogP contribution in [0.25, 0.3) is 0 Å². The van der Waals surface area contributed by atoms with E-state index >= 15 is 0 Å². The molecule has 31 heavy (non-hydrogen) atoms. The van der Waals surface area contributed by atoms with Gasteiger partial charge in [-0.05, 0) is 87.4 Å². The van der Waals surface area contributed by atoms with Gasteiger partial charge in [-0.15, -0.1) is 0 Å². The molecule has 0 radical (unpaired) electrons. The van der Waals surface area contributed by atoms with Crippen molar-refractivity contribution < 1.29 is 0 Å². The van der Waals surface area contributed by atoms with E-state index in [1.54, 1.807) is 0 Å². The van der Waals surface area contributed by atoms with E-state index in [0.29, 0.717) is 0 Å². The van der Waals surface area contributed by atoms with Gasteiger partial charge in [0.1, 0.15) is 0 Å². The minimum Gasteiger partial charge on any atom is -0.198 e. The molecule has 0 bridgehead atoms. The van der Waals surface area contributed by atoms with Crippen molar-refractivity contribution in [2.24, 2.45) is 35.0 Å². The minimum absolute atomic E-state index is 0.0306. The summed E-state index contributed by atoms with van der Waals surface area (Å²) in [6, 6.07) is 2.86. The maximum absolute atomic E-state index is 10.1. The molecule has 0 heterocycles. The highest BCUT2D eigenvalue weighted by molar-refractivity contribution is 5.03. The van der Waals surface area contributed by atoms with E-state index in [4.69, 9.17) is 0 Å². The van der Waals surface area contributed by atoms with Gasteiger partial charge < -0.3 is 0 Å². The summed E-state index contributed by atoms with van der Waals surface area (Å²) >= 11 is 0. The van der Waals surface area contributed by atoms with E-state index < -0.39 is 0 Å². The third-order valence-corrected chi connectivity index (χ3v) is 9.89. The second-order valence-electron chi connectivity index (χ2n) is 12.0. The molecule has 0 aromatic heterocycles. The van der Waals surface area contributed by atoms with Crippen molar-refractivity contribution in [1.29, 1.82) is 5.26 Å². The normalized spacial score (nSPS) is 36.7. The molecule has 0 saturated heterocycles. The maximum atomic E-state index is 10.1. The maximum Gasteiger partial charge on any atom is 0.0689 e. The number of rotatable bonds is 11. The summed E-state index contributed by atoms with van der Waals surface area (Å²) < 4.78 is 0.